The monoisotopic (exact) mass is 457 g/mol. The molecule has 1 aliphatic heterocycles. The molecule has 1 heterocycles. The van der Waals surface area contributed by atoms with Crippen LogP contribution in [0.1, 0.15) is 37.7 Å². The van der Waals surface area contributed by atoms with Crippen molar-refractivity contribution in [2.24, 2.45) is 22.9 Å². The second-order valence-electron chi connectivity index (χ2n) is 8.63. The number of ether oxygens (including phenoxy) is 1. The van der Waals surface area contributed by atoms with Gasteiger partial charge in [-0.2, -0.15) is 10.1 Å². The summed E-state index contributed by atoms with van der Waals surface area (Å²) >= 11 is 5.57. The topological polar surface area (TPSA) is 98.2 Å². The van der Waals surface area contributed by atoms with E-state index in [0.29, 0.717) is 23.1 Å². The number of hydrogen-bond acceptors (Lipinski definition) is 7. The van der Waals surface area contributed by atoms with Gasteiger partial charge in [0.15, 0.2) is 11.5 Å². The SMILES string of the molecule is COc1cccc(C=NN(C(=O)C2CCCNCC2)C(=S)NNC2CC3C=CC2C3)c1O. The first kappa shape index (κ1) is 22.7. The number of carbonyl (C=O) groups is 1. The lowest BCUT2D eigenvalue weighted by atomic mass is 10.00. The number of hydrazone groups is 1. The summed E-state index contributed by atoms with van der Waals surface area (Å²) in [7, 11) is 1.49. The minimum atomic E-state index is -0.161. The van der Waals surface area contributed by atoms with Crippen LogP contribution < -0.4 is 20.9 Å². The predicted molar refractivity (Wildman–Crippen MR) is 127 cm³/mol. The summed E-state index contributed by atoms with van der Waals surface area (Å²) < 4.78 is 5.16. The first-order valence-electron chi connectivity index (χ1n) is 11.2. The number of hydrogen-bond donors (Lipinski definition) is 4. The van der Waals surface area contributed by atoms with Crippen LogP contribution >= 0.6 is 12.2 Å². The predicted octanol–water partition coefficient (Wildman–Crippen LogP) is 2.30. The minimum absolute atomic E-state index is 0.0319. The first-order valence-corrected chi connectivity index (χ1v) is 11.7. The second-order valence-corrected chi connectivity index (χ2v) is 9.02. The average molecular weight is 458 g/mol. The van der Waals surface area contributed by atoms with Gasteiger partial charge in [-0.15, -0.1) is 0 Å². The maximum absolute atomic E-state index is 13.4. The number of nitrogens with one attached hydrogen (secondary N) is 3. The van der Waals surface area contributed by atoms with Gasteiger partial charge in [0.25, 0.3) is 5.91 Å². The van der Waals surface area contributed by atoms with Gasteiger partial charge in [-0.25, -0.2) is 5.43 Å². The summed E-state index contributed by atoms with van der Waals surface area (Å²) in [5.41, 5.74) is 6.80. The number of rotatable bonds is 6. The Balaban J connectivity index is 1.49. The first-order chi connectivity index (χ1) is 15.6. The van der Waals surface area contributed by atoms with Gasteiger partial charge in [-0.1, -0.05) is 18.2 Å². The van der Waals surface area contributed by atoms with Crippen molar-refractivity contribution in [1.82, 2.24) is 21.2 Å². The number of amides is 1. The Kier molecular flexibility index (Phi) is 7.39. The number of allylic oxidation sites excluding steroid dienone is 1. The third-order valence-corrected chi connectivity index (χ3v) is 6.81. The van der Waals surface area contributed by atoms with Crippen LogP contribution in [0.4, 0.5) is 0 Å². The molecule has 172 valence electrons. The Hall–Kier alpha value is -2.49. The van der Waals surface area contributed by atoms with Crippen molar-refractivity contribution in [1.29, 1.82) is 0 Å². The van der Waals surface area contributed by atoms with Gasteiger partial charge in [0.1, 0.15) is 0 Å². The summed E-state index contributed by atoms with van der Waals surface area (Å²) in [6.07, 6.45) is 10.7. The van der Waals surface area contributed by atoms with Crippen LogP contribution in [0.15, 0.2) is 35.5 Å². The van der Waals surface area contributed by atoms with Crippen LogP contribution in [0.3, 0.4) is 0 Å². The molecule has 0 spiro atoms. The quantitative estimate of drug-likeness (QED) is 0.225. The smallest absolute Gasteiger partial charge is 0.252 e. The Labute approximate surface area is 194 Å². The van der Waals surface area contributed by atoms with Crippen molar-refractivity contribution in [2.75, 3.05) is 20.2 Å². The van der Waals surface area contributed by atoms with Crippen molar-refractivity contribution < 1.29 is 14.6 Å². The van der Waals surface area contributed by atoms with Crippen molar-refractivity contribution in [3.05, 3.63) is 35.9 Å². The fourth-order valence-electron chi connectivity index (χ4n) is 4.73. The van der Waals surface area contributed by atoms with Gasteiger partial charge in [0.2, 0.25) is 5.11 Å². The number of aromatic hydroxyl groups is 1. The second kappa shape index (κ2) is 10.4. The molecule has 8 nitrogen and oxygen atoms in total. The van der Waals surface area contributed by atoms with E-state index < -0.39 is 0 Å². The molecule has 1 amide bonds. The number of methoxy groups -OCH3 is 1. The molecular formula is C23H31N5O3S. The summed E-state index contributed by atoms with van der Waals surface area (Å²) in [5.74, 6) is 1.12. The number of benzene rings is 1. The molecule has 9 heteroatoms. The molecule has 2 fully saturated rings. The Morgan fingerprint density at radius 1 is 1.31 bits per heavy atom. The third-order valence-electron chi connectivity index (χ3n) is 6.53. The van der Waals surface area contributed by atoms with Crippen LogP contribution in [0, 0.1) is 17.8 Å². The van der Waals surface area contributed by atoms with Gasteiger partial charge in [0.05, 0.1) is 13.3 Å². The Morgan fingerprint density at radius 3 is 2.94 bits per heavy atom. The van der Waals surface area contributed by atoms with E-state index >= 15 is 0 Å². The van der Waals surface area contributed by atoms with E-state index in [1.165, 1.54) is 18.3 Å². The van der Waals surface area contributed by atoms with Crippen LogP contribution in [-0.4, -0.2) is 53.6 Å². The molecule has 4 unspecified atom stereocenters. The normalized spacial score (nSPS) is 26.8. The third kappa shape index (κ3) is 5.11. The largest absolute Gasteiger partial charge is 0.504 e. The molecule has 0 radical (unpaired) electrons. The van der Waals surface area contributed by atoms with Crippen molar-refractivity contribution in [2.45, 2.75) is 38.1 Å². The maximum atomic E-state index is 13.4. The molecule has 1 aromatic rings. The molecule has 2 bridgehead atoms. The van der Waals surface area contributed by atoms with Gasteiger partial charge < -0.3 is 15.2 Å². The lowest BCUT2D eigenvalue weighted by Crippen LogP contribution is -2.52. The lowest BCUT2D eigenvalue weighted by Gasteiger charge is -2.26. The van der Waals surface area contributed by atoms with E-state index in [9.17, 15) is 9.90 Å². The fraction of sp³-hybridized carbons (Fsp3) is 0.522. The van der Waals surface area contributed by atoms with E-state index in [0.717, 1.165) is 45.2 Å². The van der Waals surface area contributed by atoms with E-state index in [-0.39, 0.29) is 28.7 Å². The highest BCUT2D eigenvalue weighted by atomic mass is 32.1. The van der Waals surface area contributed by atoms with Gasteiger partial charge in [-0.05, 0) is 81.4 Å². The van der Waals surface area contributed by atoms with Crippen LogP contribution in [0.25, 0.3) is 0 Å². The highest BCUT2D eigenvalue weighted by Crippen LogP contribution is 2.38. The zero-order chi connectivity index (χ0) is 22.5. The Bertz CT molecular complexity index is 898. The molecular weight excluding hydrogens is 426 g/mol. The summed E-state index contributed by atoms with van der Waals surface area (Å²) in [4.78, 5) is 13.4. The van der Waals surface area contributed by atoms with Crippen LogP contribution in [0.2, 0.25) is 0 Å². The molecule has 4 rings (SSSR count). The number of nitrogens with zero attached hydrogens (tertiary/aromatic N) is 2. The minimum Gasteiger partial charge on any atom is -0.504 e. The molecule has 2 aliphatic carbocycles. The zero-order valence-corrected chi connectivity index (χ0v) is 19.1. The molecule has 32 heavy (non-hydrogen) atoms. The number of phenols is 1. The zero-order valence-electron chi connectivity index (χ0n) is 18.3. The van der Waals surface area contributed by atoms with Crippen molar-refractivity contribution in [3.8, 4) is 11.5 Å². The highest BCUT2D eigenvalue weighted by molar-refractivity contribution is 7.80. The molecule has 1 aromatic carbocycles. The molecule has 3 aliphatic rings. The van der Waals surface area contributed by atoms with E-state index in [1.807, 2.05) is 0 Å². The van der Waals surface area contributed by atoms with Gasteiger partial charge in [-0.3, -0.25) is 10.2 Å². The number of phenolic OH excluding ortho intramolecular Hbond substituents is 1. The van der Waals surface area contributed by atoms with Crippen molar-refractivity contribution in [3.63, 3.8) is 0 Å². The number of carbonyl (C=O) groups excluding carboxylic acids is 1. The summed E-state index contributed by atoms with van der Waals surface area (Å²) in [6.45, 7) is 1.70. The number of thiocarbonyl (C=S) groups is 1. The van der Waals surface area contributed by atoms with Crippen LogP contribution in [0.5, 0.6) is 11.5 Å². The molecule has 4 N–H and O–H groups in total. The van der Waals surface area contributed by atoms with Gasteiger partial charge in [0, 0.05) is 17.5 Å². The fourth-order valence-corrected chi connectivity index (χ4v) is 4.93. The van der Waals surface area contributed by atoms with Crippen molar-refractivity contribution >= 4 is 29.5 Å². The van der Waals surface area contributed by atoms with Gasteiger partial charge >= 0.3 is 0 Å². The number of hydrazine groups is 1. The standard InChI is InChI=1S/C23H31N5O3S/c1-31-20-6-2-4-18(21(20)29)14-25-28(22(30)16-5-3-10-24-11-9-16)23(32)27-26-19-13-15-7-8-17(19)12-15/h2,4,6-8,14-17,19,24,26,29H,3,5,9-13H2,1H3,(H,27,32). The summed E-state index contributed by atoms with van der Waals surface area (Å²) in [6, 6.07) is 5.40. The highest BCUT2D eigenvalue weighted by Gasteiger charge is 2.36. The maximum Gasteiger partial charge on any atom is 0.252 e. The van der Waals surface area contributed by atoms with E-state index in [4.69, 9.17) is 17.0 Å². The molecule has 1 saturated carbocycles. The van der Waals surface area contributed by atoms with E-state index in [2.05, 4.69) is 33.4 Å². The van der Waals surface area contributed by atoms with Crippen LogP contribution in [-0.2, 0) is 4.79 Å². The number of fused-ring (bicyclic) bond motifs is 2. The molecule has 0 aromatic heterocycles. The summed E-state index contributed by atoms with van der Waals surface area (Å²) in [5, 5.41) is 19.6. The number of para-hydroxylation sites is 1. The lowest BCUT2D eigenvalue weighted by molar-refractivity contribution is -0.132. The average Bonchev–Trinajstić information content (AvgIpc) is 3.32. The molecule has 1 saturated heterocycles. The Morgan fingerprint density at radius 2 is 2.19 bits per heavy atom. The van der Waals surface area contributed by atoms with E-state index in [1.54, 1.807) is 18.2 Å². The molecule has 4 atom stereocenters.